The first-order valence-corrected chi connectivity index (χ1v) is 6.83. The van der Waals surface area contributed by atoms with Gasteiger partial charge in [0.25, 0.3) is 0 Å². The summed E-state index contributed by atoms with van der Waals surface area (Å²) >= 11 is 5.99. The Kier molecular flexibility index (Phi) is 4.69. The second-order valence-electron chi connectivity index (χ2n) is 4.59. The largest absolute Gasteiger partial charge is 0.324 e. The SMILES string of the molecule is CC[C@H](C(=O)Nc1cnncc1C)c1cccc(Cl)c1. The molecule has 1 N–H and O–H groups in total. The van der Waals surface area contributed by atoms with E-state index < -0.39 is 0 Å². The van der Waals surface area contributed by atoms with E-state index in [-0.39, 0.29) is 11.8 Å². The molecule has 0 fully saturated rings. The highest BCUT2D eigenvalue weighted by atomic mass is 35.5. The number of aryl methyl sites for hydroxylation is 1. The molecule has 0 aliphatic heterocycles. The normalized spacial score (nSPS) is 11.9. The molecule has 5 heteroatoms. The second kappa shape index (κ2) is 6.48. The van der Waals surface area contributed by atoms with E-state index in [1.165, 1.54) is 0 Å². The van der Waals surface area contributed by atoms with E-state index in [1.54, 1.807) is 18.5 Å². The summed E-state index contributed by atoms with van der Waals surface area (Å²) in [6.07, 6.45) is 3.87. The number of benzene rings is 1. The molecule has 1 atom stereocenters. The monoisotopic (exact) mass is 289 g/mol. The lowest BCUT2D eigenvalue weighted by atomic mass is 9.95. The van der Waals surface area contributed by atoms with Gasteiger partial charge in [0.2, 0.25) is 5.91 Å². The fraction of sp³-hybridized carbons (Fsp3) is 0.267. The van der Waals surface area contributed by atoms with Crippen LogP contribution < -0.4 is 5.32 Å². The molecule has 0 spiro atoms. The van der Waals surface area contributed by atoms with Gasteiger partial charge < -0.3 is 5.32 Å². The molecular formula is C15H16ClN3O. The van der Waals surface area contributed by atoms with Crippen LogP contribution in [0.1, 0.15) is 30.4 Å². The first-order valence-electron chi connectivity index (χ1n) is 6.45. The summed E-state index contributed by atoms with van der Waals surface area (Å²) in [5.74, 6) is -0.299. The van der Waals surface area contributed by atoms with Crippen molar-refractivity contribution in [1.29, 1.82) is 0 Å². The van der Waals surface area contributed by atoms with Gasteiger partial charge in [0.1, 0.15) is 0 Å². The Morgan fingerprint density at radius 2 is 2.10 bits per heavy atom. The molecular weight excluding hydrogens is 274 g/mol. The highest BCUT2D eigenvalue weighted by molar-refractivity contribution is 6.30. The van der Waals surface area contributed by atoms with Crippen LogP contribution in [0.4, 0.5) is 5.69 Å². The van der Waals surface area contributed by atoms with Gasteiger partial charge in [0.15, 0.2) is 0 Å². The molecule has 2 aromatic rings. The van der Waals surface area contributed by atoms with Crippen molar-refractivity contribution in [1.82, 2.24) is 10.2 Å². The van der Waals surface area contributed by atoms with Crippen LogP contribution in [0.3, 0.4) is 0 Å². The van der Waals surface area contributed by atoms with Crippen LogP contribution in [0, 0.1) is 6.92 Å². The minimum atomic E-state index is -0.235. The summed E-state index contributed by atoms with van der Waals surface area (Å²) in [7, 11) is 0. The summed E-state index contributed by atoms with van der Waals surface area (Å²) in [4.78, 5) is 12.4. The van der Waals surface area contributed by atoms with Crippen molar-refractivity contribution >= 4 is 23.2 Å². The Bertz CT molecular complexity index is 616. The molecule has 0 saturated heterocycles. The lowest BCUT2D eigenvalue weighted by Crippen LogP contribution is -2.21. The van der Waals surface area contributed by atoms with E-state index in [0.717, 1.165) is 11.1 Å². The number of nitrogens with one attached hydrogen (secondary N) is 1. The Balaban J connectivity index is 2.20. The van der Waals surface area contributed by atoms with E-state index in [4.69, 9.17) is 11.6 Å². The summed E-state index contributed by atoms with van der Waals surface area (Å²) in [6.45, 7) is 3.85. The van der Waals surface area contributed by atoms with E-state index in [2.05, 4.69) is 15.5 Å². The van der Waals surface area contributed by atoms with E-state index in [9.17, 15) is 4.79 Å². The van der Waals surface area contributed by atoms with E-state index in [1.807, 2.05) is 32.0 Å². The maximum absolute atomic E-state index is 12.4. The van der Waals surface area contributed by atoms with Crippen molar-refractivity contribution in [2.45, 2.75) is 26.2 Å². The van der Waals surface area contributed by atoms with Crippen LogP contribution in [0.2, 0.25) is 5.02 Å². The van der Waals surface area contributed by atoms with Crippen molar-refractivity contribution in [3.63, 3.8) is 0 Å². The predicted octanol–water partition coefficient (Wildman–Crippen LogP) is 3.57. The third-order valence-electron chi connectivity index (χ3n) is 3.16. The van der Waals surface area contributed by atoms with Crippen LogP contribution in [0.5, 0.6) is 0 Å². The lowest BCUT2D eigenvalue weighted by molar-refractivity contribution is -0.117. The molecule has 2 rings (SSSR count). The van der Waals surface area contributed by atoms with Gasteiger partial charge in [0.05, 0.1) is 24.0 Å². The zero-order valence-electron chi connectivity index (χ0n) is 11.4. The van der Waals surface area contributed by atoms with Crippen molar-refractivity contribution in [3.8, 4) is 0 Å². The van der Waals surface area contributed by atoms with Crippen molar-refractivity contribution in [2.24, 2.45) is 0 Å². The zero-order chi connectivity index (χ0) is 14.5. The summed E-state index contributed by atoms with van der Waals surface area (Å²) < 4.78 is 0. The van der Waals surface area contributed by atoms with Gasteiger partial charge in [0, 0.05) is 5.02 Å². The quantitative estimate of drug-likeness (QED) is 0.936. The van der Waals surface area contributed by atoms with Crippen molar-refractivity contribution in [3.05, 3.63) is 52.8 Å². The molecule has 0 aliphatic carbocycles. The van der Waals surface area contributed by atoms with Crippen LogP contribution in [-0.4, -0.2) is 16.1 Å². The first-order chi connectivity index (χ1) is 9.61. The first kappa shape index (κ1) is 14.5. The molecule has 4 nitrogen and oxygen atoms in total. The Morgan fingerprint density at radius 3 is 2.75 bits per heavy atom. The van der Waals surface area contributed by atoms with E-state index >= 15 is 0 Å². The Morgan fingerprint density at radius 1 is 1.35 bits per heavy atom. The third-order valence-corrected chi connectivity index (χ3v) is 3.40. The van der Waals surface area contributed by atoms with Gasteiger partial charge in [-0.25, -0.2) is 0 Å². The number of rotatable bonds is 4. The van der Waals surface area contributed by atoms with Gasteiger partial charge in [-0.15, -0.1) is 0 Å². The predicted molar refractivity (Wildman–Crippen MR) is 79.9 cm³/mol. The fourth-order valence-electron chi connectivity index (χ4n) is 2.03. The average Bonchev–Trinajstić information content (AvgIpc) is 2.42. The number of nitrogens with zero attached hydrogens (tertiary/aromatic N) is 2. The maximum atomic E-state index is 12.4. The zero-order valence-corrected chi connectivity index (χ0v) is 12.2. The molecule has 20 heavy (non-hydrogen) atoms. The maximum Gasteiger partial charge on any atom is 0.231 e. The molecule has 0 radical (unpaired) electrons. The Hall–Kier alpha value is -1.94. The van der Waals surface area contributed by atoms with E-state index in [0.29, 0.717) is 17.1 Å². The Labute approximate surface area is 123 Å². The van der Waals surface area contributed by atoms with Gasteiger partial charge in [-0.2, -0.15) is 10.2 Å². The van der Waals surface area contributed by atoms with Crippen LogP contribution in [0.15, 0.2) is 36.7 Å². The molecule has 104 valence electrons. The minimum Gasteiger partial charge on any atom is -0.324 e. The standard InChI is InChI=1S/C15H16ClN3O/c1-3-13(11-5-4-6-12(16)7-11)15(20)19-14-9-18-17-8-10(14)2/h4-9,13H,3H2,1-2H3,(H,17,19,20)/t13-/m0/s1. The fourth-order valence-corrected chi connectivity index (χ4v) is 2.23. The van der Waals surface area contributed by atoms with Crippen LogP contribution >= 0.6 is 11.6 Å². The number of anilines is 1. The lowest BCUT2D eigenvalue weighted by Gasteiger charge is -2.16. The topological polar surface area (TPSA) is 54.9 Å². The molecule has 0 bridgehead atoms. The highest BCUT2D eigenvalue weighted by Crippen LogP contribution is 2.24. The molecule has 0 saturated carbocycles. The third kappa shape index (κ3) is 3.33. The number of hydrogen-bond donors (Lipinski definition) is 1. The van der Waals surface area contributed by atoms with Gasteiger partial charge in [-0.05, 0) is 36.6 Å². The molecule has 1 aromatic heterocycles. The number of carbonyl (C=O) groups excluding carboxylic acids is 1. The van der Waals surface area contributed by atoms with Gasteiger partial charge in [-0.1, -0.05) is 30.7 Å². The second-order valence-corrected chi connectivity index (χ2v) is 5.03. The van der Waals surface area contributed by atoms with Crippen LogP contribution in [0.25, 0.3) is 0 Å². The number of amides is 1. The number of halogens is 1. The molecule has 0 aliphatic rings. The summed E-state index contributed by atoms with van der Waals surface area (Å²) in [6, 6.07) is 7.39. The molecule has 1 amide bonds. The molecule has 0 unspecified atom stereocenters. The van der Waals surface area contributed by atoms with Gasteiger partial charge >= 0.3 is 0 Å². The summed E-state index contributed by atoms with van der Waals surface area (Å²) in [5.41, 5.74) is 2.48. The number of carbonyl (C=O) groups is 1. The number of hydrogen-bond acceptors (Lipinski definition) is 3. The minimum absolute atomic E-state index is 0.0640. The van der Waals surface area contributed by atoms with Crippen molar-refractivity contribution < 1.29 is 4.79 Å². The average molecular weight is 290 g/mol. The summed E-state index contributed by atoms with van der Waals surface area (Å²) in [5, 5.41) is 11.1. The molecule has 1 aromatic carbocycles. The van der Waals surface area contributed by atoms with Crippen molar-refractivity contribution in [2.75, 3.05) is 5.32 Å². The highest BCUT2D eigenvalue weighted by Gasteiger charge is 2.19. The van der Waals surface area contributed by atoms with Gasteiger partial charge in [-0.3, -0.25) is 4.79 Å². The smallest absolute Gasteiger partial charge is 0.231 e. The number of aromatic nitrogens is 2. The molecule has 1 heterocycles. The van der Waals surface area contributed by atoms with Crippen LogP contribution in [-0.2, 0) is 4.79 Å².